The molecule has 0 spiro atoms. The van der Waals surface area contributed by atoms with Crippen LogP contribution in [0.5, 0.6) is 5.75 Å². The van der Waals surface area contributed by atoms with Gasteiger partial charge in [0.2, 0.25) is 10.0 Å². The summed E-state index contributed by atoms with van der Waals surface area (Å²) in [7, 11) is -3.55. The summed E-state index contributed by atoms with van der Waals surface area (Å²) in [5.74, 6) is -0.528. The Morgan fingerprint density at radius 1 is 1.26 bits per heavy atom. The van der Waals surface area contributed by atoms with Crippen LogP contribution < -0.4 is 14.4 Å². The van der Waals surface area contributed by atoms with E-state index in [-0.39, 0.29) is 24.2 Å². The molecule has 2 aromatic carbocycles. The number of rotatable bonds is 5. The van der Waals surface area contributed by atoms with E-state index in [1.807, 2.05) is 0 Å². The normalized spacial score (nSPS) is 17.6. The van der Waals surface area contributed by atoms with E-state index in [1.54, 1.807) is 50.2 Å². The van der Waals surface area contributed by atoms with Crippen LogP contribution in [0, 0.1) is 5.82 Å². The fourth-order valence-corrected chi connectivity index (χ4v) is 4.02. The highest BCUT2D eigenvalue weighted by molar-refractivity contribution is 7.92. The third-order valence-electron chi connectivity index (χ3n) is 4.46. The van der Waals surface area contributed by atoms with Gasteiger partial charge in [0.25, 0.3) is 5.91 Å². The Morgan fingerprint density at radius 2 is 1.93 bits per heavy atom. The maximum atomic E-state index is 13.1. The van der Waals surface area contributed by atoms with Crippen LogP contribution in [0.3, 0.4) is 0 Å². The lowest BCUT2D eigenvalue weighted by atomic mass is 10.1. The van der Waals surface area contributed by atoms with Crippen LogP contribution in [0.4, 0.5) is 10.1 Å². The molecule has 27 heavy (non-hydrogen) atoms. The van der Waals surface area contributed by atoms with Crippen molar-refractivity contribution in [2.24, 2.45) is 0 Å². The van der Waals surface area contributed by atoms with Gasteiger partial charge < -0.3 is 10.1 Å². The van der Waals surface area contributed by atoms with Crippen LogP contribution in [0.15, 0.2) is 48.5 Å². The molecule has 1 aliphatic rings. The minimum atomic E-state index is -3.55. The molecule has 0 saturated carbocycles. The van der Waals surface area contributed by atoms with Crippen LogP contribution in [0.2, 0.25) is 0 Å². The summed E-state index contributed by atoms with van der Waals surface area (Å²) in [5, 5.41) is 2.80. The van der Waals surface area contributed by atoms with Crippen molar-refractivity contribution in [1.29, 1.82) is 0 Å². The van der Waals surface area contributed by atoms with E-state index in [9.17, 15) is 17.6 Å². The molecule has 1 heterocycles. The van der Waals surface area contributed by atoms with E-state index in [0.29, 0.717) is 11.4 Å². The van der Waals surface area contributed by atoms with Crippen molar-refractivity contribution in [3.63, 3.8) is 0 Å². The van der Waals surface area contributed by atoms with Gasteiger partial charge in [-0.15, -0.1) is 0 Å². The summed E-state index contributed by atoms with van der Waals surface area (Å²) in [4.78, 5) is 12.7. The summed E-state index contributed by atoms with van der Waals surface area (Å²) in [6.45, 7) is 3.22. The zero-order chi connectivity index (χ0) is 19.6. The number of benzene rings is 2. The lowest BCUT2D eigenvalue weighted by Gasteiger charge is -2.35. The number of nitrogens with one attached hydrogen (secondary N) is 1. The molecule has 0 unspecified atom stereocenters. The number of ether oxygens (including phenoxy) is 1. The summed E-state index contributed by atoms with van der Waals surface area (Å²) in [5.41, 5.74) is 1.16. The monoisotopic (exact) mass is 392 g/mol. The molecule has 0 fully saturated rings. The lowest BCUT2D eigenvalue weighted by molar-refractivity contribution is -0.128. The Morgan fingerprint density at radius 3 is 2.59 bits per heavy atom. The molecule has 3 rings (SSSR count). The summed E-state index contributed by atoms with van der Waals surface area (Å²) in [6, 6.07) is 12.2. The molecule has 0 aliphatic carbocycles. The second-order valence-corrected chi connectivity index (χ2v) is 8.47. The van der Waals surface area contributed by atoms with Crippen LogP contribution in [0.25, 0.3) is 0 Å². The van der Waals surface area contributed by atoms with Crippen molar-refractivity contribution in [3.05, 3.63) is 59.9 Å². The first-order chi connectivity index (χ1) is 12.8. The molecule has 6 nitrogen and oxygen atoms in total. The van der Waals surface area contributed by atoms with Gasteiger partial charge in [-0.05, 0) is 43.7 Å². The van der Waals surface area contributed by atoms with Crippen LogP contribution in [-0.2, 0) is 14.8 Å². The maximum Gasteiger partial charge on any atom is 0.263 e. The molecule has 0 aromatic heterocycles. The van der Waals surface area contributed by atoms with Crippen molar-refractivity contribution >= 4 is 21.6 Å². The van der Waals surface area contributed by atoms with Gasteiger partial charge >= 0.3 is 0 Å². The Kier molecular flexibility index (Phi) is 5.36. The molecule has 2 atom stereocenters. The predicted octanol–water partition coefficient (Wildman–Crippen LogP) is 2.62. The number of carbonyl (C=O) groups is 1. The van der Waals surface area contributed by atoms with Gasteiger partial charge in [0.05, 0.1) is 24.0 Å². The molecule has 1 N–H and O–H groups in total. The molecule has 0 bridgehead atoms. The first-order valence-electron chi connectivity index (χ1n) is 8.63. The van der Waals surface area contributed by atoms with Gasteiger partial charge in [-0.2, -0.15) is 0 Å². The minimum absolute atomic E-state index is 0.0817. The average Bonchev–Trinajstić information content (AvgIpc) is 2.67. The molecule has 144 valence electrons. The number of sulfonamides is 1. The number of fused-ring (bicyclic) bond motifs is 1. The number of para-hydroxylation sites is 2. The van der Waals surface area contributed by atoms with Crippen LogP contribution in [-0.4, -0.2) is 32.7 Å². The van der Waals surface area contributed by atoms with Crippen molar-refractivity contribution < 1.29 is 22.3 Å². The van der Waals surface area contributed by atoms with Gasteiger partial charge in [-0.3, -0.25) is 9.10 Å². The van der Waals surface area contributed by atoms with E-state index in [2.05, 4.69) is 5.32 Å². The molecule has 1 aliphatic heterocycles. The molecule has 0 radical (unpaired) electrons. The highest BCUT2D eigenvalue weighted by Gasteiger charge is 2.36. The van der Waals surface area contributed by atoms with E-state index in [0.717, 1.165) is 5.56 Å². The molecular weight excluding hydrogens is 371 g/mol. The van der Waals surface area contributed by atoms with Crippen molar-refractivity contribution in [1.82, 2.24) is 5.32 Å². The average molecular weight is 392 g/mol. The van der Waals surface area contributed by atoms with E-state index in [1.165, 1.54) is 16.4 Å². The number of hydrogen-bond donors (Lipinski definition) is 1. The molecular formula is C19H21FN2O4S. The third-order valence-corrected chi connectivity index (χ3v) is 6.20. The standard InChI is InChI=1S/C19H21FN2O4S/c1-3-27(24,25)22-12-18(26-17-7-5-4-6-16(17)22)19(23)21-13(2)14-8-10-15(20)11-9-14/h4-11,13,18H,3,12H2,1-2H3,(H,21,23)/t13-,18+/m0/s1. The number of carbonyl (C=O) groups excluding carboxylic acids is 1. The molecule has 0 saturated heterocycles. The van der Waals surface area contributed by atoms with Crippen LogP contribution in [0.1, 0.15) is 25.5 Å². The van der Waals surface area contributed by atoms with E-state index < -0.39 is 22.0 Å². The first kappa shape index (κ1) is 19.2. The lowest BCUT2D eigenvalue weighted by Crippen LogP contribution is -2.51. The Hall–Kier alpha value is -2.61. The molecule has 2 aromatic rings. The fourth-order valence-electron chi connectivity index (χ4n) is 2.90. The Balaban J connectivity index is 1.80. The van der Waals surface area contributed by atoms with Gasteiger partial charge in [0.1, 0.15) is 11.6 Å². The number of hydrogen-bond acceptors (Lipinski definition) is 4. The van der Waals surface area contributed by atoms with Crippen LogP contribution >= 0.6 is 0 Å². The Labute approximate surface area is 158 Å². The summed E-state index contributed by atoms with van der Waals surface area (Å²) >= 11 is 0. The first-order valence-corrected chi connectivity index (χ1v) is 10.2. The number of halogens is 1. The second kappa shape index (κ2) is 7.56. The second-order valence-electron chi connectivity index (χ2n) is 6.29. The zero-order valence-electron chi connectivity index (χ0n) is 15.1. The van der Waals surface area contributed by atoms with Gasteiger partial charge in [-0.25, -0.2) is 12.8 Å². The summed E-state index contributed by atoms with van der Waals surface area (Å²) < 4.78 is 45.0. The predicted molar refractivity (Wildman–Crippen MR) is 101 cm³/mol. The summed E-state index contributed by atoms with van der Waals surface area (Å²) in [6.07, 6.45) is -0.982. The highest BCUT2D eigenvalue weighted by Crippen LogP contribution is 2.35. The molecule has 8 heteroatoms. The Bertz CT molecular complexity index is 931. The van der Waals surface area contributed by atoms with E-state index in [4.69, 9.17) is 4.74 Å². The molecule has 1 amide bonds. The zero-order valence-corrected chi connectivity index (χ0v) is 15.9. The third kappa shape index (κ3) is 4.05. The quantitative estimate of drug-likeness (QED) is 0.849. The maximum absolute atomic E-state index is 13.1. The fraction of sp³-hybridized carbons (Fsp3) is 0.316. The largest absolute Gasteiger partial charge is 0.476 e. The number of nitrogens with zero attached hydrogens (tertiary/aromatic N) is 1. The number of amides is 1. The van der Waals surface area contributed by atoms with Gasteiger partial charge in [-0.1, -0.05) is 24.3 Å². The van der Waals surface area contributed by atoms with Crippen molar-refractivity contribution in [2.45, 2.75) is 26.0 Å². The minimum Gasteiger partial charge on any atom is -0.476 e. The smallest absolute Gasteiger partial charge is 0.263 e. The van der Waals surface area contributed by atoms with Crippen molar-refractivity contribution in [3.8, 4) is 5.75 Å². The number of anilines is 1. The van der Waals surface area contributed by atoms with E-state index >= 15 is 0 Å². The topological polar surface area (TPSA) is 75.7 Å². The van der Waals surface area contributed by atoms with Crippen molar-refractivity contribution in [2.75, 3.05) is 16.6 Å². The highest BCUT2D eigenvalue weighted by atomic mass is 32.2. The van der Waals surface area contributed by atoms with Gasteiger partial charge in [0, 0.05) is 0 Å². The SMILES string of the molecule is CCS(=O)(=O)N1C[C@H](C(=O)N[C@@H](C)c2ccc(F)cc2)Oc2ccccc21. The van der Waals surface area contributed by atoms with Gasteiger partial charge in [0.15, 0.2) is 6.10 Å².